The van der Waals surface area contributed by atoms with Crippen LogP contribution in [0.15, 0.2) is 42.5 Å². The monoisotopic (exact) mass is 580 g/mol. The van der Waals surface area contributed by atoms with Crippen molar-refractivity contribution in [1.29, 1.82) is 0 Å². The molecule has 0 aromatic heterocycles. The lowest BCUT2D eigenvalue weighted by Gasteiger charge is -2.13. The number of carbonyl (C=O) groups excluding carboxylic acids is 1. The molecule has 1 heterocycles. The van der Waals surface area contributed by atoms with E-state index in [-0.39, 0.29) is 5.97 Å². The summed E-state index contributed by atoms with van der Waals surface area (Å²) in [5, 5.41) is 0. The molecule has 2 bridgehead atoms. The molecule has 0 radical (unpaired) electrons. The maximum absolute atomic E-state index is 11.4. The highest BCUT2D eigenvalue weighted by Crippen LogP contribution is 2.27. The molecule has 0 aliphatic carbocycles. The molecule has 0 saturated heterocycles. The van der Waals surface area contributed by atoms with Gasteiger partial charge in [-0.3, -0.25) is 4.79 Å². The molecule has 0 unspecified atom stereocenters. The van der Waals surface area contributed by atoms with Crippen LogP contribution in [0, 0.1) is 0 Å². The number of hydrogen-bond donors (Lipinski definition) is 0. The quantitative estimate of drug-likeness (QED) is 0.382. The minimum Gasteiger partial charge on any atom is -0.491 e. The molecule has 0 atom stereocenters. The predicted molar refractivity (Wildman–Crippen MR) is 151 cm³/mol. The standard InChI is InChI=1S/C29H40O10S/c1-31-29(30)6-19-40-23-24-20-25-22-26(21-24)37-16-12-33-8-10-35-14-18-39-28-5-3-2-4-27(28)38-17-13-34-9-7-32-11-15-36-25/h2-5,20-22H,6-19,23H2,1H3. The van der Waals surface area contributed by atoms with Gasteiger partial charge < -0.3 is 42.6 Å². The summed E-state index contributed by atoms with van der Waals surface area (Å²) in [6.45, 7) is 5.12. The topological polar surface area (TPSA) is 100 Å². The summed E-state index contributed by atoms with van der Waals surface area (Å²) in [6.07, 6.45) is 0.372. The molecule has 0 fully saturated rings. The summed E-state index contributed by atoms with van der Waals surface area (Å²) in [7, 11) is 1.40. The minimum atomic E-state index is -0.213. The minimum absolute atomic E-state index is 0.213. The molecule has 2 aromatic rings. The van der Waals surface area contributed by atoms with Gasteiger partial charge in [-0.05, 0) is 29.8 Å². The number of fused-ring (bicyclic) bond motifs is 3. The fraction of sp³-hybridized carbons (Fsp3) is 0.552. The van der Waals surface area contributed by atoms with Crippen LogP contribution in [0.5, 0.6) is 23.0 Å². The van der Waals surface area contributed by atoms with E-state index >= 15 is 0 Å². The molecule has 2 aromatic carbocycles. The van der Waals surface area contributed by atoms with Crippen LogP contribution in [0.25, 0.3) is 0 Å². The van der Waals surface area contributed by atoms with E-state index in [4.69, 9.17) is 42.6 Å². The maximum atomic E-state index is 11.4. The molecule has 3 rings (SSSR count). The number of thioether (sulfide) groups is 1. The Labute approximate surface area is 240 Å². The fourth-order valence-electron chi connectivity index (χ4n) is 3.52. The molecule has 1 aliphatic rings. The summed E-state index contributed by atoms with van der Waals surface area (Å²) in [5.74, 6) is 3.89. The van der Waals surface area contributed by atoms with Crippen LogP contribution < -0.4 is 18.9 Å². The third kappa shape index (κ3) is 13.6. The second-order valence-electron chi connectivity index (χ2n) is 8.48. The molecular formula is C29H40O10S. The van der Waals surface area contributed by atoms with Crippen LogP contribution in [0.3, 0.4) is 0 Å². The van der Waals surface area contributed by atoms with Crippen molar-refractivity contribution in [3.05, 3.63) is 48.0 Å². The Balaban J connectivity index is 1.49. The first-order chi connectivity index (χ1) is 19.7. The van der Waals surface area contributed by atoms with Gasteiger partial charge in [0.1, 0.15) is 37.9 Å². The molecule has 10 nitrogen and oxygen atoms in total. The first-order valence-electron chi connectivity index (χ1n) is 13.4. The van der Waals surface area contributed by atoms with Gasteiger partial charge in [0.25, 0.3) is 0 Å². The number of para-hydroxylation sites is 2. The van der Waals surface area contributed by atoms with Crippen molar-refractivity contribution in [3.8, 4) is 23.0 Å². The summed E-state index contributed by atoms with van der Waals surface area (Å²) >= 11 is 1.65. The molecule has 0 spiro atoms. The largest absolute Gasteiger partial charge is 0.491 e. The van der Waals surface area contributed by atoms with E-state index in [0.717, 1.165) is 5.56 Å². The van der Waals surface area contributed by atoms with Crippen molar-refractivity contribution in [1.82, 2.24) is 0 Å². The number of methoxy groups -OCH3 is 1. The van der Waals surface area contributed by atoms with Gasteiger partial charge in [0.05, 0.1) is 66.4 Å². The van der Waals surface area contributed by atoms with Crippen LogP contribution in [0.4, 0.5) is 0 Å². The SMILES string of the molecule is COC(=O)CCSCc1cc2cc(c1)OCCOCCOCCOc1ccccc1OCCOCCOCCO2. The van der Waals surface area contributed by atoms with Gasteiger partial charge in [0.2, 0.25) is 0 Å². The zero-order valence-electron chi connectivity index (χ0n) is 23.1. The van der Waals surface area contributed by atoms with Crippen molar-refractivity contribution < 1.29 is 47.4 Å². The zero-order chi connectivity index (χ0) is 28.1. The lowest BCUT2D eigenvalue weighted by Crippen LogP contribution is -2.14. The second kappa shape index (κ2) is 20.2. The Morgan fingerprint density at radius 2 is 1.12 bits per heavy atom. The predicted octanol–water partition coefficient (Wildman–Crippen LogP) is 3.78. The third-order valence-corrected chi connectivity index (χ3v) is 6.47. The molecule has 40 heavy (non-hydrogen) atoms. The Morgan fingerprint density at radius 1 is 0.675 bits per heavy atom. The van der Waals surface area contributed by atoms with E-state index in [9.17, 15) is 4.79 Å². The van der Waals surface area contributed by atoms with Crippen molar-refractivity contribution in [2.75, 3.05) is 92.1 Å². The Morgan fingerprint density at radius 3 is 1.60 bits per heavy atom. The van der Waals surface area contributed by atoms with E-state index in [2.05, 4.69) is 0 Å². The van der Waals surface area contributed by atoms with Gasteiger partial charge in [-0.2, -0.15) is 11.8 Å². The van der Waals surface area contributed by atoms with Gasteiger partial charge >= 0.3 is 5.97 Å². The van der Waals surface area contributed by atoms with Gasteiger partial charge in [-0.1, -0.05) is 12.1 Å². The van der Waals surface area contributed by atoms with Crippen molar-refractivity contribution in [2.24, 2.45) is 0 Å². The van der Waals surface area contributed by atoms with Crippen molar-refractivity contribution in [2.45, 2.75) is 12.2 Å². The average molecular weight is 581 g/mol. The van der Waals surface area contributed by atoms with E-state index in [1.54, 1.807) is 11.8 Å². The number of benzene rings is 2. The van der Waals surface area contributed by atoms with Crippen molar-refractivity contribution in [3.63, 3.8) is 0 Å². The highest BCUT2D eigenvalue weighted by atomic mass is 32.2. The fourth-order valence-corrected chi connectivity index (χ4v) is 4.38. The molecule has 0 N–H and O–H groups in total. The number of rotatable bonds is 5. The summed E-state index contributed by atoms with van der Waals surface area (Å²) in [6, 6.07) is 13.3. The lowest BCUT2D eigenvalue weighted by atomic mass is 10.2. The van der Waals surface area contributed by atoms with E-state index in [1.165, 1.54) is 7.11 Å². The Hall–Kier alpha value is -2.70. The number of hydrogen-bond acceptors (Lipinski definition) is 11. The highest BCUT2D eigenvalue weighted by molar-refractivity contribution is 7.98. The first-order valence-corrected chi connectivity index (χ1v) is 14.6. The first kappa shape index (κ1) is 31.8. The Kier molecular flexibility index (Phi) is 16.1. The molecule has 0 amide bonds. The van der Waals surface area contributed by atoms with Crippen LogP contribution >= 0.6 is 11.8 Å². The van der Waals surface area contributed by atoms with Gasteiger partial charge in [0, 0.05) is 17.6 Å². The Bertz CT molecular complexity index is 912. The summed E-state index contributed by atoms with van der Waals surface area (Å²) in [5.41, 5.74) is 1.04. The maximum Gasteiger partial charge on any atom is 0.306 e. The summed E-state index contributed by atoms with van der Waals surface area (Å²) < 4.78 is 50.7. The number of ether oxygens (including phenoxy) is 9. The smallest absolute Gasteiger partial charge is 0.306 e. The van der Waals surface area contributed by atoms with Crippen LogP contribution in [0.2, 0.25) is 0 Å². The molecule has 1 aliphatic heterocycles. The zero-order valence-corrected chi connectivity index (χ0v) is 24.0. The third-order valence-electron chi connectivity index (χ3n) is 5.44. The second-order valence-corrected chi connectivity index (χ2v) is 9.59. The van der Waals surface area contributed by atoms with Crippen LogP contribution in [-0.2, 0) is 34.2 Å². The number of carbonyl (C=O) groups is 1. The molecule has 11 heteroatoms. The van der Waals surface area contributed by atoms with Crippen LogP contribution in [0.1, 0.15) is 12.0 Å². The van der Waals surface area contributed by atoms with Gasteiger partial charge in [-0.25, -0.2) is 0 Å². The average Bonchev–Trinajstić information content (AvgIpc) is 2.97. The van der Waals surface area contributed by atoms with E-state index < -0.39 is 0 Å². The van der Waals surface area contributed by atoms with Gasteiger partial charge in [-0.15, -0.1) is 0 Å². The highest BCUT2D eigenvalue weighted by Gasteiger charge is 2.07. The molecule has 0 saturated carbocycles. The molecular weight excluding hydrogens is 540 g/mol. The molecule has 222 valence electrons. The van der Waals surface area contributed by atoms with Crippen molar-refractivity contribution >= 4 is 17.7 Å². The van der Waals surface area contributed by atoms with E-state index in [0.29, 0.717) is 120 Å². The number of esters is 1. The summed E-state index contributed by atoms with van der Waals surface area (Å²) in [4.78, 5) is 11.4. The lowest BCUT2D eigenvalue weighted by molar-refractivity contribution is -0.140. The van der Waals surface area contributed by atoms with Gasteiger partial charge in [0.15, 0.2) is 11.5 Å². The van der Waals surface area contributed by atoms with Crippen LogP contribution in [-0.4, -0.2) is 98.1 Å². The van der Waals surface area contributed by atoms with E-state index in [1.807, 2.05) is 42.5 Å². The normalized spacial score (nSPS) is 16.8.